The van der Waals surface area contributed by atoms with Crippen LogP contribution in [-0.4, -0.2) is 37.4 Å². The third-order valence-corrected chi connectivity index (χ3v) is 10.6. The van der Waals surface area contributed by atoms with Gasteiger partial charge in [0, 0.05) is 27.1 Å². The Labute approximate surface area is 310 Å². The lowest BCUT2D eigenvalue weighted by Gasteiger charge is -2.26. The van der Waals surface area contributed by atoms with Gasteiger partial charge in [-0.3, -0.25) is 9.69 Å². The molecule has 1 saturated heterocycles. The molecule has 0 spiro atoms. The highest BCUT2D eigenvalue weighted by molar-refractivity contribution is 7.95. The summed E-state index contributed by atoms with van der Waals surface area (Å²) in [5, 5.41) is 1.00. The average molecular weight is 716 g/mol. The SMILES string of the molecule is CC(C)(C)c1ccccc1.O=Cc1ccc(-c2sc3cc(OSc4ccccc4)ccc3c2Oc2ccc(OCCN3CCCCC3)cc2)cc1. The average Bonchev–Trinajstić information content (AvgIpc) is 3.53. The zero-order valence-electron chi connectivity index (χ0n) is 29.5. The molecule has 5 nitrogen and oxygen atoms in total. The number of hydrogen-bond donors (Lipinski definition) is 0. The minimum absolute atomic E-state index is 0.293. The number of fused-ring (bicyclic) bond motifs is 1. The first-order valence-corrected chi connectivity index (χ1v) is 19.1. The van der Waals surface area contributed by atoms with E-state index in [1.54, 1.807) is 11.3 Å². The predicted molar refractivity (Wildman–Crippen MR) is 213 cm³/mol. The highest BCUT2D eigenvalue weighted by Crippen LogP contribution is 2.47. The van der Waals surface area contributed by atoms with Gasteiger partial charge in [-0.1, -0.05) is 100.0 Å². The van der Waals surface area contributed by atoms with E-state index in [0.29, 0.717) is 17.6 Å². The largest absolute Gasteiger partial charge is 0.492 e. The molecule has 0 bridgehead atoms. The molecule has 7 heteroatoms. The van der Waals surface area contributed by atoms with Crippen LogP contribution in [-0.2, 0) is 5.41 Å². The van der Waals surface area contributed by atoms with Crippen LogP contribution in [0.2, 0.25) is 0 Å². The van der Waals surface area contributed by atoms with Crippen molar-refractivity contribution in [2.45, 2.75) is 50.3 Å². The Balaban J connectivity index is 0.000000388. The standard InChI is InChI=1S/C34H31NO4S2.C10H14/c36-24-25-9-11-26(12-10-25)34-33(31-18-17-29(23-32(31)40-34)39-41-30-7-3-1-4-8-30)38-28-15-13-27(14-16-28)37-22-21-35-19-5-2-6-20-35;1-10(2,3)9-7-5-4-6-8-9/h1,3-4,7-18,23-24H,2,5-6,19-22H2;4-8H,1-3H3. The summed E-state index contributed by atoms with van der Waals surface area (Å²) in [6, 6.07) is 42.0. The molecular formula is C44H45NO4S2. The molecule has 0 saturated carbocycles. The number of thiophene rings is 1. The molecule has 7 rings (SSSR count). The number of likely N-dealkylation sites (tertiary alicyclic amines) is 1. The lowest BCUT2D eigenvalue weighted by Crippen LogP contribution is -2.33. The monoisotopic (exact) mass is 715 g/mol. The molecule has 0 N–H and O–H groups in total. The molecule has 2 heterocycles. The predicted octanol–water partition coefficient (Wildman–Crippen LogP) is 12.1. The van der Waals surface area contributed by atoms with Crippen LogP contribution in [0, 0.1) is 0 Å². The molecule has 0 atom stereocenters. The van der Waals surface area contributed by atoms with Crippen molar-refractivity contribution in [2.24, 2.45) is 0 Å². The molecule has 51 heavy (non-hydrogen) atoms. The van der Waals surface area contributed by atoms with E-state index < -0.39 is 0 Å². The summed E-state index contributed by atoms with van der Waals surface area (Å²) < 4.78 is 19.6. The van der Waals surface area contributed by atoms with Crippen LogP contribution in [0.15, 0.2) is 132 Å². The molecule has 0 unspecified atom stereocenters. The van der Waals surface area contributed by atoms with Gasteiger partial charge < -0.3 is 13.7 Å². The minimum atomic E-state index is 0.293. The van der Waals surface area contributed by atoms with Gasteiger partial charge in [0.25, 0.3) is 0 Å². The molecule has 6 aromatic rings. The molecule has 262 valence electrons. The van der Waals surface area contributed by atoms with Gasteiger partial charge in [-0.05, 0) is 97.1 Å². The van der Waals surface area contributed by atoms with Gasteiger partial charge in [0.2, 0.25) is 0 Å². The van der Waals surface area contributed by atoms with Gasteiger partial charge in [0.1, 0.15) is 30.1 Å². The second-order valence-electron chi connectivity index (χ2n) is 13.6. The van der Waals surface area contributed by atoms with Crippen LogP contribution in [0.3, 0.4) is 0 Å². The third kappa shape index (κ3) is 10.3. The second kappa shape index (κ2) is 17.6. The van der Waals surface area contributed by atoms with Crippen LogP contribution < -0.4 is 13.7 Å². The summed E-state index contributed by atoms with van der Waals surface area (Å²) in [5.74, 6) is 3.13. The van der Waals surface area contributed by atoms with Crippen LogP contribution >= 0.6 is 23.4 Å². The molecule has 0 radical (unpaired) electrons. The van der Waals surface area contributed by atoms with Gasteiger partial charge in [-0.25, -0.2) is 0 Å². The number of nitrogens with zero attached hydrogens (tertiary/aromatic N) is 1. The van der Waals surface area contributed by atoms with Crippen molar-refractivity contribution in [1.29, 1.82) is 0 Å². The van der Waals surface area contributed by atoms with Crippen molar-refractivity contribution in [2.75, 3.05) is 26.2 Å². The van der Waals surface area contributed by atoms with Crippen LogP contribution in [0.1, 0.15) is 56.0 Å². The summed E-state index contributed by atoms with van der Waals surface area (Å²) in [6.07, 6.45) is 4.77. The van der Waals surface area contributed by atoms with E-state index in [-0.39, 0.29) is 0 Å². The second-order valence-corrected chi connectivity index (χ2v) is 15.4. The number of piperidine rings is 1. The Bertz CT molecular complexity index is 1960. The number of carbonyl (C=O) groups excluding carboxylic acids is 1. The van der Waals surface area contributed by atoms with E-state index in [1.807, 2.05) is 97.1 Å². The third-order valence-electron chi connectivity index (χ3n) is 8.71. The van der Waals surface area contributed by atoms with Crippen molar-refractivity contribution < 1.29 is 18.5 Å². The normalized spacial score (nSPS) is 13.2. The van der Waals surface area contributed by atoms with Crippen molar-refractivity contribution >= 4 is 39.8 Å². The fourth-order valence-electron chi connectivity index (χ4n) is 5.82. The number of ether oxygens (including phenoxy) is 2. The molecule has 0 amide bonds. The molecule has 1 aliphatic rings. The molecule has 1 fully saturated rings. The Kier molecular flexibility index (Phi) is 12.5. The van der Waals surface area contributed by atoms with Gasteiger partial charge >= 0.3 is 0 Å². The summed E-state index contributed by atoms with van der Waals surface area (Å²) in [7, 11) is 0. The maximum absolute atomic E-state index is 11.2. The Morgan fingerprint density at radius 2 is 1.39 bits per heavy atom. The molecule has 5 aromatic carbocycles. The van der Waals surface area contributed by atoms with E-state index in [1.165, 1.54) is 50.0 Å². The van der Waals surface area contributed by atoms with E-state index >= 15 is 0 Å². The lowest BCUT2D eigenvalue weighted by molar-refractivity contribution is 0.112. The first kappa shape index (κ1) is 36.2. The minimum Gasteiger partial charge on any atom is -0.492 e. The zero-order valence-corrected chi connectivity index (χ0v) is 31.2. The Morgan fingerprint density at radius 1 is 0.745 bits per heavy atom. The van der Waals surface area contributed by atoms with E-state index in [9.17, 15) is 4.79 Å². The number of rotatable bonds is 11. The highest BCUT2D eigenvalue weighted by atomic mass is 32.2. The fraction of sp³-hybridized carbons (Fsp3) is 0.250. The summed E-state index contributed by atoms with van der Waals surface area (Å²) in [5.41, 5.74) is 3.32. The maximum Gasteiger partial charge on any atom is 0.153 e. The van der Waals surface area contributed by atoms with Crippen molar-refractivity contribution in [1.82, 2.24) is 4.90 Å². The van der Waals surface area contributed by atoms with Gasteiger partial charge in [-0.2, -0.15) is 0 Å². The maximum atomic E-state index is 11.2. The van der Waals surface area contributed by atoms with Crippen molar-refractivity contribution in [3.05, 3.63) is 139 Å². The Hall–Kier alpha value is -4.56. The number of aldehydes is 1. The summed E-state index contributed by atoms with van der Waals surface area (Å²) in [4.78, 5) is 15.7. The number of carbonyl (C=O) groups is 1. The molecule has 1 aliphatic heterocycles. The van der Waals surface area contributed by atoms with E-state index in [0.717, 1.165) is 61.3 Å². The summed E-state index contributed by atoms with van der Waals surface area (Å²) in [6.45, 7) is 10.7. The van der Waals surface area contributed by atoms with Crippen molar-refractivity contribution in [3.8, 4) is 33.4 Å². The number of hydrogen-bond acceptors (Lipinski definition) is 7. The first-order valence-electron chi connectivity index (χ1n) is 17.6. The van der Waals surface area contributed by atoms with Gasteiger partial charge in [0.05, 0.1) is 16.9 Å². The molecular weight excluding hydrogens is 671 g/mol. The van der Waals surface area contributed by atoms with Gasteiger partial charge in [0.15, 0.2) is 5.75 Å². The quantitative estimate of drug-likeness (QED) is 0.0983. The number of benzene rings is 5. The Morgan fingerprint density at radius 3 is 2.04 bits per heavy atom. The zero-order chi connectivity index (χ0) is 35.5. The van der Waals surface area contributed by atoms with Crippen LogP contribution in [0.5, 0.6) is 23.0 Å². The topological polar surface area (TPSA) is 48.0 Å². The van der Waals surface area contributed by atoms with Crippen molar-refractivity contribution in [3.63, 3.8) is 0 Å². The fourth-order valence-corrected chi connectivity index (χ4v) is 7.55. The molecule has 0 aliphatic carbocycles. The van der Waals surface area contributed by atoms with E-state index in [2.05, 4.69) is 56.0 Å². The highest BCUT2D eigenvalue weighted by Gasteiger charge is 2.18. The summed E-state index contributed by atoms with van der Waals surface area (Å²) >= 11 is 2.98. The lowest BCUT2D eigenvalue weighted by atomic mass is 9.87. The molecule has 1 aromatic heterocycles. The first-order chi connectivity index (χ1) is 24.9. The van der Waals surface area contributed by atoms with Crippen LogP contribution in [0.25, 0.3) is 20.5 Å². The van der Waals surface area contributed by atoms with Gasteiger partial charge in [-0.15, -0.1) is 11.3 Å². The smallest absolute Gasteiger partial charge is 0.153 e. The van der Waals surface area contributed by atoms with Crippen LogP contribution in [0.4, 0.5) is 0 Å². The van der Waals surface area contributed by atoms with E-state index in [4.69, 9.17) is 13.7 Å².